The Labute approximate surface area is 127 Å². The van der Waals surface area contributed by atoms with Crippen LogP contribution in [0.15, 0.2) is 41.8 Å². The molecule has 0 radical (unpaired) electrons. The van der Waals surface area contributed by atoms with Crippen molar-refractivity contribution in [1.29, 1.82) is 0 Å². The number of aromatic nitrogens is 2. The average Bonchev–Trinajstić information content (AvgIpc) is 3.06. The second-order valence-electron chi connectivity index (χ2n) is 4.82. The van der Waals surface area contributed by atoms with Crippen LogP contribution in [0.4, 0.5) is 5.82 Å². The molecule has 5 heteroatoms. The van der Waals surface area contributed by atoms with Crippen LogP contribution in [0.2, 0.25) is 0 Å². The van der Waals surface area contributed by atoms with Crippen LogP contribution in [0.3, 0.4) is 0 Å². The molecule has 0 saturated carbocycles. The zero-order valence-electron chi connectivity index (χ0n) is 11.8. The predicted octanol–water partition coefficient (Wildman–Crippen LogP) is 3.54. The van der Waals surface area contributed by atoms with Crippen molar-refractivity contribution in [3.63, 3.8) is 0 Å². The van der Waals surface area contributed by atoms with Crippen LogP contribution in [0.1, 0.15) is 13.3 Å². The number of aliphatic hydroxyl groups excluding tert-OH is 1. The lowest BCUT2D eigenvalue weighted by Gasteiger charge is -2.16. The van der Waals surface area contributed by atoms with E-state index in [9.17, 15) is 5.11 Å². The van der Waals surface area contributed by atoms with Gasteiger partial charge in [-0.05, 0) is 30.0 Å². The van der Waals surface area contributed by atoms with Crippen LogP contribution in [0.5, 0.6) is 0 Å². The summed E-state index contributed by atoms with van der Waals surface area (Å²) in [4.78, 5) is 10.3. The van der Waals surface area contributed by atoms with Gasteiger partial charge in [-0.25, -0.2) is 9.97 Å². The molecule has 4 nitrogen and oxygen atoms in total. The topological polar surface area (TPSA) is 58.0 Å². The third kappa shape index (κ3) is 2.89. The van der Waals surface area contributed by atoms with Crippen LogP contribution in [-0.2, 0) is 0 Å². The maximum absolute atomic E-state index is 9.41. The zero-order chi connectivity index (χ0) is 14.7. The van der Waals surface area contributed by atoms with Crippen LogP contribution < -0.4 is 5.32 Å². The summed E-state index contributed by atoms with van der Waals surface area (Å²) in [6.07, 6.45) is 0.836. The number of rotatable bonds is 5. The van der Waals surface area contributed by atoms with Crippen molar-refractivity contribution < 1.29 is 5.11 Å². The molecule has 0 saturated heterocycles. The molecule has 0 bridgehead atoms. The Balaban J connectivity index is 2.11. The molecule has 0 amide bonds. The maximum Gasteiger partial charge on any atom is 0.172 e. The summed E-state index contributed by atoms with van der Waals surface area (Å²) in [6.45, 7) is 2.13. The number of benzene rings is 1. The van der Waals surface area contributed by atoms with Gasteiger partial charge < -0.3 is 10.4 Å². The fourth-order valence-electron chi connectivity index (χ4n) is 2.17. The molecule has 2 N–H and O–H groups in total. The van der Waals surface area contributed by atoms with Crippen molar-refractivity contribution in [2.24, 2.45) is 0 Å². The highest BCUT2D eigenvalue weighted by atomic mass is 32.1. The van der Waals surface area contributed by atoms with Crippen LogP contribution >= 0.6 is 11.3 Å². The number of thiophene rings is 1. The number of para-hydroxylation sites is 1. The highest BCUT2D eigenvalue weighted by Gasteiger charge is 2.12. The molecular weight excluding hydrogens is 282 g/mol. The quantitative estimate of drug-likeness (QED) is 0.756. The van der Waals surface area contributed by atoms with E-state index in [1.807, 2.05) is 48.7 Å². The molecule has 3 aromatic rings. The maximum atomic E-state index is 9.41. The van der Waals surface area contributed by atoms with Gasteiger partial charge in [-0.1, -0.05) is 25.1 Å². The Morgan fingerprint density at radius 1 is 1.19 bits per heavy atom. The van der Waals surface area contributed by atoms with Gasteiger partial charge >= 0.3 is 0 Å². The van der Waals surface area contributed by atoms with E-state index in [0.29, 0.717) is 0 Å². The molecule has 21 heavy (non-hydrogen) atoms. The summed E-state index contributed by atoms with van der Waals surface area (Å²) >= 11 is 1.62. The number of anilines is 1. The number of nitrogens with zero attached hydrogens (tertiary/aromatic N) is 2. The van der Waals surface area contributed by atoms with Gasteiger partial charge in [-0.3, -0.25) is 0 Å². The molecule has 1 atom stereocenters. The van der Waals surface area contributed by atoms with E-state index in [0.717, 1.165) is 33.8 Å². The summed E-state index contributed by atoms with van der Waals surface area (Å²) in [7, 11) is 0. The molecular formula is C16H17N3OS. The van der Waals surface area contributed by atoms with Gasteiger partial charge in [-0.2, -0.15) is 0 Å². The van der Waals surface area contributed by atoms with E-state index in [2.05, 4.69) is 15.3 Å². The molecule has 2 aromatic heterocycles. The first kappa shape index (κ1) is 14.0. The van der Waals surface area contributed by atoms with Crippen molar-refractivity contribution in [1.82, 2.24) is 9.97 Å². The Hall–Kier alpha value is -1.98. The Bertz CT molecular complexity index is 723. The van der Waals surface area contributed by atoms with Gasteiger partial charge in [0.2, 0.25) is 0 Å². The fraction of sp³-hybridized carbons (Fsp3) is 0.250. The van der Waals surface area contributed by atoms with Gasteiger partial charge in [-0.15, -0.1) is 11.3 Å². The second kappa shape index (κ2) is 6.20. The van der Waals surface area contributed by atoms with Crippen molar-refractivity contribution in [3.05, 3.63) is 41.8 Å². The Morgan fingerprint density at radius 2 is 2.05 bits per heavy atom. The third-order valence-corrected chi connectivity index (χ3v) is 4.26. The van der Waals surface area contributed by atoms with Crippen molar-refractivity contribution >= 4 is 28.1 Å². The first-order chi connectivity index (χ1) is 10.3. The smallest absolute Gasteiger partial charge is 0.172 e. The van der Waals surface area contributed by atoms with Gasteiger partial charge in [0.25, 0.3) is 0 Å². The Kier molecular flexibility index (Phi) is 4.13. The number of fused-ring (bicyclic) bond motifs is 1. The summed E-state index contributed by atoms with van der Waals surface area (Å²) in [5.41, 5.74) is 0.909. The van der Waals surface area contributed by atoms with Crippen molar-refractivity contribution in [3.8, 4) is 10.7 Å². The molecule has 1 unspecified atom stereocenters. The molecule has 0 aliphatic carbocycles. The van der Waals surface area contributed by atoms with E-state index < -0.39 is 0 Å². The lowest BCUT2D eigenvalue weighted by atomic mass is 10.2. The van der Waals surface area contributed by atoms with Gasteiger partial charge in [0, 0.05) is 5.39 Å². The predicted molar refractivity (Wildman–Crippen MR) is 87.6 cm³/mol. The van der Waals surface area contributed by atoms with E-state index in [1.54, 1.807) is 11.3 Å². The highest BCUT2D eigenvalue weighted by Crippen LogP contribution is 2.27. The number of aliphatic hydroxyl groups is 1. The molecule has 0 spiro atoms. The van der Waals surface area contributed by atoms with E-state index in [-0.39, 0.29) is 12.6 Å². The van der Waals surface area contributed by atoms with Crippen molar-refractivity contribution in [2.75, 3.05) is 11.9 Å². The fourth-order valence-corrected chi connectivity index (χ4v) is 2.83. The van der Waals surface area contributed by atoms with Gasteiger partial charge in [0.15, 0.2) is 5.82 Å². The first-order valence-electron chi connectivity index (χ1n) is 7.00. The second-order valence-corrected chi connectivity index (χ2v) is 5.77. The molecule has 0 fully saturated rings. The standard InChI is InChI=1S/C16H17N3OS/c1-2-11(10-20)17-15-12-6-3-4-7-13(12)18-16(19-15)14-8-5-9-21-14/h3-9,11,20H,2,10H2,1H3,(H,17,18,19). The highest BCUT2D eigenvalue weighted by molar-refractivity contribution is 7.13. The minimum Gasteiger partial charge on any atom is -0.394 e. The third-order valence-electron chi connectivity index (χ3n) is 3.40. The first-order valence-corrected chi connectivity index (χ1v) is 7.88. The lowest BCUT2D eigenvalue weighted by molar-refractivity contribution is 0.271. The van der Waals surface area contributed by atoms with Crippen LogP contribution in [0, 0.1) is 0 Å². The molecule has 3 rings (SSSR count). The van der Waals surface area contributed by atoms with E-state index >= 15 is 0 Å². The summed E-state index contributed by atoms with van der Waals surface area (Å²) in [5.74, 6) is 1.50. The largest absolute Gasteiger partial charge is 0.394 e. The Morgan fingerprint density at radius 3 is 2.76 bits per heavy atom. The van der Waals surface area contributed by atoms with E-state index in [1.165, 1.54) is 0 Å². The lowest BCUT2D eigenvalue weighted by Crippen LogP contribution is -2.23. The SMILES string of the molecule is CCC(CO)Nc1nc(-c2cccs2)nc2ccccc12. The molecule has 108 valence electrons. The number of nitrogens with one attached hydrogen (secondary N) is 1. The number of hydrogen-bond acceptors (Lipinski definition) is 5. The van der Waals surface area contributed by atoms with Gasteiger partial charge in [0.1, 0.15) is 5.82 Å². The summed E-state index contributed by atoms with van der Waals surface area (Å²) in [5, 5.41) is 15.7. The van der Waals surface area contributed by atoms with Crippen LogP contribution in [-0.4, -0.2) is 27.7 Å². The van der Waals surface area contributed by atoms with E-state index in [4.69, 9.17) is 0 Å². The number of hydrogen-bond donors (Lipinski definition) is 2. The molecule has 0 aliphatic rings. The molecule has 0 aliphatic heterocycles. The average molecular weight is 299 g/mol. The minimum absolute atomic E-state index is 0.000471. The minimum atomic E-state index is -0.000471. The normalized spacial score (nSPS) is 12.5. The van der Waals surface area contributed by atoms with Gasteiger partial charge in [0.05, 0.1) is 23.0 Å². The zero-order valence-corrected chi connectivity index (χ0v) is 12.6. The summed E-state index contributed by atoms with van der Waals surface area (Å²) < 4.78 is 0. The van der Waals surface area contributed by atoms with Crippen LogP contribution in [0.25, 0.3) is 21.6 Å². The summed E-state index contributed by atoms with van der Waals surface area (Å²) in [6, 6.07) is 11.9. The molecule has 2 heterocycles. The monoisotopic (exact) mass is 299 g/mol. The van der Waals surface area contributed by atoms with Crippen molar-refractivity contribution in [2.45, 2.75) is 19.4 Å². The molecule has 1 aromatic carbocycles.